The Labute approximate surface area is 132 Å². The summed E-state index contributed by atoms with van der Waals surface area (Å²) in [5, 5.41) is 9.35. The maximum Gasteiger partial charge on any atom is 0.243 e. The molecular weight excluding hydrogens is 300 g/mol. The maximum atomic E-state index is 13.0. The third-order valence-corrected chi connectivity index (χ3v) is 6.92. The number of benzene rings is 1. The third kappa shape index (κ3) is 2.80. The van der Waals surface area contributed by atoms with Crippen LogP contribution in [-0.4, -0.2) is 61.1 Å². The summed E-state index contributed by atoms with van der Waals surface area (Å²) in [5.41, 5.74) is 0.795. The van der Waals surface area contributed by atoms with Crippen LogP contribution in [0.15, 0.2) is 29.2 Å². The molecular formula is C16H24N2O3S. The fourth-order valence-corrected chi connectivity index (χ4v) is 5.32. The van der Waals surface area contributed by atoms with Crippen LogP contribution in [0.2, 0.25) is 0 Å². The van der Waals surface area contributed by atoms with Gasteiger partial charge < -0.3 is 5.11 Å². The van der Waals surface area contributed by atoms with Crippen molar-refractivity contribution in [3.8, 4) is 0 Å². The minimum atomic E-state index is -3.43. The van der Waals surface area contributed by atoms with Gasteiger partial charge in [0.15, 0.2) is 0 Å². The topological polar surface area (TPSA) is 60.9 Å². The molecule has 0 unspecified atom stereocenters. The molecule has 0 bridgehead atoms. The average Bonchev–Trinajstić information content (AvgIpc) is 2.46. The molecule has 2 heterocycles. The van der Waals surface area contributed by atoms with Gasteiger partial charge in [0, 0.05) is 25.2 Å². The van der Waals surface area contributed by atoms with E-state index in [2.05, 4.69) is 4.90 Å². The number of aliphatic hydroxyl groups is 1. The van der Waals surface area contributed by atoms with E-state index in [0.717, 1.165) is 31.4 Å². The zero-order chi connectivity index (χ0) is 15.7. The van der Waals surface area contributed by atoms with Crippen molar-refractivity contribution < 1.29 is 13.5 Å². The van der Waals surface area contributed by atoms with E-state index in [1.807, 2.05) is 19.1 Å². The standard InChI is InChI=1S/C16H24N2O3S/c1-13-6-2-3-7-16(13)22(20,21)17-8-4-5-9-18-14(11-17)10-15(18)12-19/h2-3,6-7,14-15,19H,4-5,8-12H2,1H3/t14-,15+/m1/s1. The van der Waals surface area contributed by atoms with E-state index in [-0.39, 0.29) is 18.7 Å². The first kappa shape index (κ1) is 15.9. The van der Waals surface area contributed by atoms with Gasteiger partial charge in [-0.15, -0.1) is 0 Å². The molecule has 2 aliphatic heterocycles. The van der Waals surface area contributed by atoms with Crippen molar-refractivity contribution in [2.75, 3.05) is 26.2 Å². The van der Waals surface area contributed by atoms with Crippen LogP contribution < -0.4 is 0 Å². The number of nitrogens with zero attached hydrogens (tertiary/aromatic N) is 2. The van der Waals surface area contributed by atoms with Gasteiger partial charge in [0.05, 0.1) is 11.5 Å². The molecule has 1 aromatic rings. The van der Waals surface area contributed by atoms with Crippen molar-refractivity contribution >= 4 is 10.0 Å². The van der Waals surface area contributed by atoms with Gasteiger partial charge in [-0.1, -0.05) is 18.2 Å². The zero-order valence-electron chi connectivity index (χ0n) is 13.0. The minimum Gasteiger partial charge on any atom is -0.395 e. The molecule has 3 rings (SSSR count). The highest BCUT2D eigenvalue weighted by atomic mass is 32.2. The molecule has 6 heteroatoms. The molecule has 0 saturated carbocycles. The molecule has 2 saturated heterocycles. The maximum absolute atomic E-state index is 13.0. The SMILES string of the molecule is Cc1ccccc1S(=O)(=O)N1CCCCN2[C@H](CO)C[C@@H]2C1. The van der Waals surface area contributed by atoms with Gasteiger partial charge in [-0.3, -0.25) is 4.90 Å². The van der Waals surface area contributed by atoms with E-state index in [4.69, 9.17) is 0 Å². The van der Waals surface area contributed by atoms with E-state index in [1.54, 1.807) is 16.4 Å². The van der Waals surface area contributed by atoms with Gasteiger partial charge >= 0.3 is 0 Å². The van der Waals surface area contributed by atoms with Crippen molar-refractivity contribution in [3.05, 3.63) is 29.8 Å². The van der Waals surface area contributed by atoms with E-state index in [1.165, 1.54) is 0 Å². The van der Waals surface area contributed by atoms with Crippen LogP contribution in [0, 0.1) is 6.92 Å². The number of fused-ring (bicyclic) bond motifs is 1. The normalized spacial score (nSPS) is 27.5. The number of sulfonamides is 1. The van der Waals surface area contributed by atoms with Crippen LogP contribution in [0.5, 0.6) is 0 Å². The Bertz CT molecular complexity index is 632. The van der Waals surface area contributed by atoms with Crippen molar-refractivity contribution in [3.63, 3.8) is 0 Å². The Hall–Kier alpha value is -0.950. The van der Waals surface area contributed by atoms with E-state index in [9.17, 15) is 13.5 Å². The van der Waals surface area contributed by atoms with Crippen molar-refractivity contribution in [1.29, 1.82) is 0 Å². The second kappa shape index (κ2) is 6.28. The summed E-state index contributed by atoms with van der Waals surface area (Å²) < 4.78 is 27.6. The van der Waals surface area contributed by atoms with Crippen LogP contribution in [0.25, 0.3) is 0 Å². The molecule has 0 spiro atoms. The predicted molar refractivity (Wildman–Crippen MR) is 85.2 cm³/mol. The lowest BCUT2D eigenvalue weighted by Crippen LogP contribution is -2.62. The lowest BCUT2D eigenvalue weighted by Gasteiger charge is -2.50. The van der Waals surface area contributed by atoms with Gasteiger partial charge in [0.1, 0.15) is 0 Å². The highest BCUT2D eigenvalue weighted by Gasteiger charge is 2.41. The van der Waals surface area contributed by atoms with E-state index >= 15 is 0 Å². The highest BCUT2D eigenvalue weighted by Crippen LogP contribution is 2.30. The first-order valence-electron chi connectivity index (χ1n) is 7.96. The molecule has 2 atom stereocenters. The summed E-state index contributed by atoms with van der Waals surface area (Å²) in [6.45, 7) is 4.10. The van der Waals surface area contributed by atoms with Crippen LogP contribution in [0.3, 0.4) is 0 Å². The zero-order valence-corrected chi connectivity index (χ0v) is 13.8. The van der Waals surface area contributed by atoms with Gasteiger partial charge in [-0.25, -0.2) is 8.42 Å². The summed E-state index contributed by atoms with van der Waals surface area (Å²) in [6, 6.07) is 7.64. The molecule has 2 aliphatic rings. The highest BCUT2D eigenvalue weighted by molar-refractivity contribution is 7.89. The monoisotopic (exact) mass is 324 g/mol. The second-order valence-electron chi connectivity index (χ2n) is 6.30. The van der Waals surface area contributed by atoms with Crippen LogP contribution in [-0.2, 0) is 10.0 Å². The molecule has 0 aromatic heterocycles. The molecule has 2 fully saturated rings. The molecule has 1 N–H and O–H groups in total. The van der Waals surface area contributed by atoms with Crippen LogP contribution in [0.1, 0.15) is 24.8 Å². The van der Waals surface area contributed by atoms with Gasteiger partial charge in [-0.05, 0) is 44.4 Å². The first-order chi connectivity index (χ1) is 10.5. The van der Waals surface area contributed by atoms with Crippen LogP contribution in [0.4, 0.5) is 0 Å². The fraction of sp³-hybridized carbons (Fsp3) is 0.625. The Kier molecular flexibility index (Phi) is 4.54. The van der Waals surface area contributed by atoms with E-state index in [0.29, 0.717) is 18.0 Å². The second-order valence-corrected chi connectivity index (χ2v) is 8.21. The molecule has 0 amide bonds. The smallest absolute Gasteiger partial charge is 0.243 e. The summed E-state index contributed by atoms with van der Waals surface area (Å²) in [4.78, 5) is 2.68. The molecule has 0 radical (unpaired) electrons. The number of aliphatic hydroxyl groups excluding tert-OH is 1. The van der Waals surface area contributed by atoms with Gasteiger partial charge in [0.25, 0.3) is 0 Å². The molecule has 122 valence electrons. The summed E-state index contributed by atoms with van der Waals surface area (Å²) in [6.07, 6.45) is 2.73. The first-order valence-corrected chi connectivity index (χ1v) is 9.40. The Morgan fingerprint density at radius 1 is 1.23 bits per heavy atom. The number of hydrogen-bond donors (Lipinski definition) is 1. The summed E-state index contributed by atoms with van der Waals surface area (Å²) >= 11 is 0. The summed E-state index contributed by atoms with van der Waals surface area (Å²) in [5.74, 6) is 0. The van der Waals surface area contributed by atoms with Crippen molar-refractivity contribution in [2.45, 2.75) is 43.2 Å². The van der Waals surface area contributed by atoms with Crippen LogP contribution >= 0.6 is 0 Å². The number of aryl methyl sites for hydroxylation is 1. The Morgan fingerprint density at radius 2 is 1.95 bits per heavy atom. The molecule has 5 nitrogen and oxygen atoms in total. The van der Waals surface area contributed by atoms with Crippen molar-refractivity contribution in [2.24, 2.45) is 0 Å². The molecule has 22 heavy (non-hydrogen) atoms. The average molecular weight is 324 g/mol. The molecule has 1 aromatic carbocycles. The van der Waals surface area contributed by atoms with Gasteiger partial charge in [0.2, 0.25) is 10.0 Å². The lowest BCUT2D eigenvalue weighted by atomic mass is 9.92. The quantitative estimate of drug-likeness (QED) is 0.908. The van der Waals surface area contributed by atoms with Gasteiger partial charge in [-0.2, -0.15) is 4.31 Å². The Morgan fingerprint density at radius 3 is 2.68 bits per heavy atom. The fourth-order valence-electron chi connectivity index (χ4n) is 3.58. The predicted octanol–water partition coefficient (Wildman–Crippen LogP) is 1.21. The Balaban J connectivity index is 1.83. The minimum absolute atomic E-state index is 0.168. The number of rotatable bonds is 3. The van der Waals surface area contributed by atoms with Crippen molar-refractivity contribution in [1.82, 2.24) is 9.21 Å². The lowest BCUT2D eigenvalue weighted by molar-refractivity contribution is -0.0306. The molecule has 0 aliphatic carbocycles. The third-order valence-electron chi connectivity index (χ3n) is 4.89. The van der Waals surface area contributed by atoms with E-state index < -0.39 is 10.0 Å². The largest absolute Gasteiger partial charge is 0.395 e. The summed E-state index contributed by atoms with van der Waals surface area (Å²) in [7, 11) is -3.43. The number of hydrogen-bond acceptors (Lipinski definition) is 4.